The summed E-state index contributed by atoms with van der Waals surface area (Å²) < 4.78 is 35.0. The highest BCUT2D eigenvalue weighted by Gasteiger charge is 2.35. The molecule has 0 spiro atoms. The molecule has 1 saturated heterocycles. The minimum atomic E-state index is -4.70. The van der Waals surface area contributed by atoms with Crippen LogP contribution in [0.5, 0.6) is 0 Å². The van der Waals surface area contributed by atoms with Crippen molar-refractivity contribution < 1.29 is 33.1 Å². The number of fused-ring (bicyclic) bond motifs is 1. The molecule has 184 valence electrons. The standard InChI is InChI=1S/C18H23ClN6O7P2/c1-11(12-5-3-2-4-6-12)20-16-15-17(22-18(19)21-16)25(24-23-15)14-8-7-13(32-14)9-31-34(29,30)10-33(26,27)28/h2-6,11,13-14H,7-10H2,1H3,(H,29,30)(H,20,21,22)(H2,26,27,28)/t11-,13-,14+/m0/s1. The molecule has 4 rings (SSSR count). The number of rotatable bonds is 9. The van der Waals surface area contributed by atoms with Crippen molar-refractivity contribution in [1.82, 2.24) is 25.0 Å². The third-order valence-electron chi connectivity index (χ3n) is 5.13. The fourth-order valence-corrected chi connectivity index (χ4v) is 6.34. The monoisotopic (exact) mass is 532 g/mol. The minimum absolute atomic E-state index is 0.00431. The summed E-state index contributed by atoms with van der Waals surface area (Å²) in [6.45, 7) is 1.66. The van der Waals surface area contributed by atoms with Gasteiger partial charge in [0.1, 0.15) is 0 Å². The summed E-state index contributed by atoms with van der Waals surface area (Å²) in [6, 6.07) is 9.67. The van der Waals surface area contributed by atoms with E-state index in [4.69, 9.17) is 30.6 Å². The van der Waals surface area contributed by atoms with Crippen molar-refractivity contribution in [3.63, 3.8) is 0 Å². The molecule has 3 aromatic rings. The van der Waals surface area contributed by atoms with E-state index >= 15 is 0 Å². The molecule has 4 atom stereocenters. The van der Waals surface area contributed by atoms with Gasteiger partial charge in [-0.15, -0.1) is 5.10 Å². The summed E-state index contributed by atoms with van der Waals surface area (Å²) in [5, 5.41) is 11.6. The molecule has 1 aliphatic rings. The van der Waals surface area contributed by atoms with E-state index in [1.165, 1.54) is 4.68 Å². The second-order valence-electron chi connectivity index (χ2n) is 7.85. The summed E-state index contributed by atoms with van der Waals surface area (Å²) in [6.07, 6.45) is -0.249. The summed E-state index contributed by atoms with van der Waals surface area (Å²) >= 11 is 6.16. The molecule has 4 N–H and O–H groups in total. The van der Waals surface area contributed by atoms with Gasteiger partial charge in [0.2, 0.25) is 5.28 Å². The van der Waals surface area contributed by atoms with E-state index < -0.39 is 33.4 Å². The van der Waals surface area contributed by atoms with Crippen LogP contribution in [0.3, 0.4) is 0 Å². The zero-order valence-corrected chi connectivity index (χ0v) is 20.5. The summed E-state index contributed by atoms with van der Waals surface area (Å²) in [7, 11) is -9.16. The van der Waals surface area contributed by atoms with Gasteiger partial charge in [-0.3, -0.25) is 9.13 Å². The second-order valence-corrected chi connectivity index (χ2v) is 12.2. The van der Waals surface area contributed by atoms with Crippen LogP contribution in [0.2, 0.25) is 5.28 Å². The predicted molar refractivity (Wildman–Crippen MR) is 122 cm³/mol. The van der Waals surface area contributed by atoms with Crippen LogP contribution in [0, 0.1) is 0 Å². The molecule has 1 aliphatic heterocycles. The third-order valence-corrected chi connectivity index (χ3v) is 8.76. The molecule has 3 heterocycles. The van der Waals surface area contributed by atoms with E-state index in [9.17, 15) is 14.0 Å². The van der Waals surface area contributed by atoms with E-state index in [0.717, 1.165) is 5.56 Å². The number of hydrogen-bond donors (Lipinski definition) is 4. The van der Waals surface area contributed by atoms with E-state index in [1.54, 1.807) is 0 Å². The van der Waals surface area contributed by atoms with E-state index in [-0.39, 0.29) is 17.9 Å². The molecule has 0 aliphatic carbocycles. The lowest BCUT2D eigenvalue weighted by Crippen LogP contribution is -2.17. The largest absolute Gasteiger partial charge is 0.361 e. The first kappa shape index (κ1) is 25.2. The summed E-state index contributed by atoms with van der Waals surface area (Å²) in [5.74, 6) is -0.842. The van der Waals surface area contributed by atoms with Gasteiger partial charge < -0.3 is 29.3 Å². The number of halogens is 1. The van der Waals surface area contributed by atoms with Crippen LogP contribution in [0.15, 0.2) is 30.3 Å². The van der Waals surface area contributed by atoms with Crippen molar-refractivity contribution in [2.75, 3.05) is 17.8 Å². The van der Waals surface area contributed by atoms with Crippen LogP contribution in [0.1, 0.15) is 37.6 Å². The van der Waals surface area contributed by atoms with Crippen molar-refractivity contribution >= 4 is 43.8 Å². The molecule has 1 aromatic carbocycles. The van der Waals surface area contributed by atoms with Crippen LogP contribution in [0.4, 0.5) is 5.82 Å². The Hall–Kier alpha value is -1.95. The Balaban J connectivity index is 1.47. The Bertz CT molecular complexity index is 1260. The fraction of sp³-hybridized carbons (Fsp3) is 0.444. The zero-order valence-electron chi connectivity index (χ0n) is 17.9. The van der Waals surface area contributed by atoms with Gasteiger partial charge in [-0.2, -0.15) is 14.6 Å². The van der Waals surface area contributed by atoms with E-state index in [1.807, 2.05) is 37.3 Å². The number of nitrogens with one attached hydrogen (secondary N) is 1. The normalized spacial score (nSPS) is 21.4. The molecule has 16 heteroatoms. The number of ether oxygens (including phenoxy) is 1. The van der Waals surface area contributed by atoms with Gasteiger partial charge in [-0.1, -0.05) is 35.5 Å². The number of aromatic nitrogens is 5. The highest BCUT2D eigenvalue weighted by molar-refractivity contribution is 7.70. The molecule has 13 nitrogen and oxygen atoms in total. The molecular weight excluding hydrogens is 510 g/mol. The Morgan fingerprint density at radius 1 is 1.24 bits per heavy atom. The third kappa shape index (κ3) is 6.18. The Labute approximate surface area is 199 Å². The Kier molecular flexibility index (Phi) is 7.37. The lowest BCUT2D eigenvalue weighted by Gasteiger charge is -2.17. The second kappa shape index (κ2) is 9.96. The van der Waals surface area contributed by atoms with Gasteiger partial charge in [0.15, 0.2) is 29.1 Å². The fourth-order valence-electron chi connectivity index (χ4n) is 3.59. The van der Waals surface area contributed by atoms with Gasteiger partial charge in [0.05, 0.1) is 18.8 Å². The number of anilines is 1. The topological polar surface area (TPSA) is 182 Å². The number of nitrogens with zero attached hydrogens (tertiary/aromatic N) is 5. The van der Waals surface area contributed by atoms with Crippen molar-refractivity contribution in [3.8, 4) is 0 Å². The van der Waals surface area contributed by atoms with Crippen LogP contribution >= 0.6 is 26.8 Å². The van der Waals surface area contributed by atoms with Gasteiger partial charge >= 0.3 is 15.2 Å². The molecule has 1 fully saturated rings. The lowest BCUT2D eigenvalue weighted by molar-refractivity contribution is -0.0239. The molecule has 0 amide bonds. The number of benzene rings is 1. The van der Waals surface area contributed by atoms with Gasteiger partial charge in [0.25, 0.3) is 0 Å². The Morgan fingerprint density at radius 2 is 1.97 bits per heavy atom. The minimum Gasteiger partial charge on any atom is -0.361 e. The molecule has 0 saturated carbocycles. The average Bonchev–Trinajstić information content (AvgIpc) is 3.38. The van der Waals surface area contributed by atoms with Crippen molar-refractivity contribution in [2.24, 2.45) is 0 Å². The predicted octanol–water partition coefficient (Wildman–Crippen LogP) is 3.06. The van der Waals surface area contributed by atoms with Crippen LogP contribution in [0.25, 0.3) is 11.2 Å². The smallest absolute Gasteiger partial charge is 0.340 e. The molecule has 2 aromatic heterocycles. The van der Waals surface area contributed by atoms with Crippen LogP contribution < -0.4 is 5.32 Å². The maximum absolute atomic E-state index is 11.9. The van der Waals surface area contributed by atoms with Crippen molar-refractivity contribution in [3.05, 3.63) is 41.2 Å². The highest BCUT2D eigenvalue weighted by Crippen LogP contribution is 2.55. The molecule has 0 radical (unpaired) electrons. The van der Waals surface area contributed by atoms with Crippen LogP contribution in [-0.4, -0.2) is 58.3 Å². The summed E-state index contributed by atoms with van der Waals surface area (Å²) in [5.41, 5.74) is 1.79. The lowest BCUT2D eigenvalue weighted by atomic mass is 10.1. The first-order valence-electron chi connectivity index (χ1n) is 10.3. The van der Waals surface area contributed by atoms with Crippen molar-refractivity contribution in [1.29, 1.82) is 0 Å². The molecule has 34 heavy (non-hydrogen) atoms. The molecule has 1 unspecified atom stereocenters. The number of hydrogen-bond acceptors (Lipinski definition) is 9. The highest BCUT2D eigenvalue weighted by atomic mass is 35.5. The van der Waals surface area contributed by atoms with Gasteiger partial charge in [-0.05, 0) is 36.9 Å². The van der Waals surface area contributed by atoms with E-state index in [0.29, 0.717) is 29.8 Å². The first-order valence-corrected chi connectivity index (χ1v) is 14.2. The Morgan fingerprint density at radius 3 is 2.68 bits per heavy atom. The van der Waals surface area contributed by atoms with E-state index in [2.05, 4.69) is 25.6 Å². The maximum atomic E-state index is 11.9. The maximum Gasteiger partial charge on any atom is 0.340 e. The average molecular weight is 533 g/mol. The first-order chi connectivity index (χ1) is 16.0. The quantitative estimate of drug-likeness (QED) is 0.234. The zero-order chi connectivity index (χ0) is 24.5. The van der Waals surface area contributed by atoms with Gasteiger partial charge in [0, 0.05) is 0 Å². The van der Waals surface area contributed by atoms with Gasteiger partial charge in [-0.25, -0.2) is 0 Å². The SMILES string of the molecule is C[C@H](Nc1nc(Cl)nc2c1nnn2[C@H]1CC[C@@H](COP(=O)(O)CP(=O)(O)O)O1)c1ccccc1. The summed E-state index contributed by atoms with van der Waals surface area (Å²) in [4.78, 5) is 35.9. The molecular formula is C18H23ClN6O7P2. The van der Waals surface area contributed by atoms with Crippen molar-refractivity contribution in [2.45, 2.75) is 38.1 Å². The van der Waals surface area contributed by atoms with Crippen LogP contribution in [-0.2, 0) is 18.4 Å². The molecule has 0 bridgehead atoms.